The summed E-state index contributed by atoms with van der Waals surface area (Å²) in [7, 11) is 11.1. The Kier molecular flexibility index (Phi) is 10.1. The van der Waals surface area contributed by atoms with Gasteiger partial charge in [0.25, 0.3) is 0 Å². The van der Waals surface area contributed by atoms with E-state index in [1.54, 1.807) is 0 Å². The number of hydrogen-bond donors (Lipinski definition) is 2. The highest BCUT2D eigenvalue weighted by atomic mass is 16.6. The van der Waals surface area contributed by atoms with E-state index >= 15 is 0 Å². The Labute approximate surface area is 165 Å². The summed E-state index contributed by atoms with van der Waals surface area (Å²) in [5, 5.41) is 17.9. The SMILES string of the molecule is C[N+](C)(C)CC(CC(=O)O)OC(=O)CCC(=O)OC(CC(=O)O)C[N+](C)(C)C. The van der Waals surface area contributed by atoms with E-state index in [0.29, 0.717) is 22.1 Å². The molecule has 2 N–H and O–H groups in total. The lowest BCUT2D eigenvalue weighted by molar-refractivity contribution is -0.873. The highest BCUT2D eigenvalue weighted by Gasteiger charge is 2.27. The van der Waals surface area contributed by atoms with E-state index in [1.807, 2.05) is 42.3 Å². The Morgan fingerprint density at radius 3 is 1.18 bits per heavy atom. The molecule has 10 nitrogen and oxygen atoms in total. The van der Waals surface area contributed by atoms with Gasteiger partial charge in [-0.1, -0.05) is 0 Å². The maximum atomic E-state index is 12.0. The number of carbonyl (C=O) groups is 4. The van der Waals surface area contributed by atoms with Crippen molar-refractivity contribution in [3.63, 3.8) is 0 Å². The minimum Gasteiger partial charge on any atom is -0.481 e. The zero-order valence-corrected chi connectivity index (χ0v) is 17.6. The Bertz CT molecular complexity index is 513. The van der Waals surface area contributed by atoms with Crippen molar-refractivity contribution in [3.05, 3.63) is 0 Å². The Hall–Kier alpha value is -2.20. The number of carboxylic acids is 2. The topological polar surface area (TPSA) is 127 Å². The van der Waals surface area contributed by atoms with Crippen molar-refractivity contribution in [2.24, 2.45) is 0 Å². The average molecular weight is 406 g/mol. The number of rotatable bonds is 13. The number of likely N-dealkylation sites (N-methyl/N-ethyl adjacent to an activating group) is 2. The summed E-state index contributed by atoms with van der Waals surface area (Å²) < 4.78 is 11.2. The molecule has 0 amide bonds. The number of carbonyl (C=O) groups excluding carboxylic acids is 2. The smallest absolute Gasteiger partial charge is 0.307 e. The monoisotopic (exact) mass is 406 g/mol. The van der Waals surface area contributed by atoms with Gasteiger partial charge in [-0.15, -0.1) is 0 Å². The largest absolute Gasteiger partial charge is 0.481 e. The molecule has 28 heavy (non-hydrogen) atoms. The van der Waals surface area contributed by atoms with Crippen molar-refractivity contribution in [2.45, 2.75) is 37.9 Å². The van der Waals surface area contributed by atoms with Gasteiger partial charge in [-0.05, 0) is 0 Å². The molecule has 2 unspecified atom stereocenters. The van der Waals surface area contributed by atoms with Crippen LogP contribution in [-0.2, 0) is 28.7 Å². The van der Waals surface area contributed by atoms with Crippen LogP contribution in [0.4, 0.5) is 0 Å². The summed E-state index contributed by atoms with van der Waals surface area (Å²) in [6.45, 7) is 0.624. The van der Waals surface area contributed by atoms with Crippen LogP contribution in [0.25, 0.3) is 0 Å². The second-order valence-corrected chi connectivity index (χ2v) is 8.87. The van der Waals surface area contributed by atoms with Crippen molar-refractivity contribution >= 4 is 23.9 Å². The van der Waals surface area contributed by atoms with Crippen LogP contribution in [0.1, 0.15) is 25.7 Å². The van der Waals surface area contributed by atoms with Crippen LogP contribution in [-0.4, -0.2) is 111 Å². The quantitative estimate of drug-likeness (QED) is 0.322. The van der Waals surface area contributed by atoms with Gasteiger partial charge in [-0.3, -0.25) is 19.2 Å². The van der Waals surface area contributed by atoms with Gasteiger partial charge in [0.2, 0.25) is 0 Å². The third-order valence-corrected chi connectivity index (χ3v) is 3.44. The molecule has 0 saturated carbocycles. The number of aliphatic carboxylic acids is 2. The van der Waals surface area contributed by atoms with Crippen LogP contribution >= 0.6 is 0 Å². The molecule has 0 radical (unpaired) electrons. The molecule has 0 aliphatic rings. The van der Waals surface area contributed by atoms with Crippen molar-refractivity contribution in [1.29, 1.82) is 0 Å². The molecule has 2 atom stereocenters. The van der Waals surface area contributed by atoms with Gasteiger partial charge in [0, 0.05) is 0 Å². The number of hydrogen-bond acceptors (Lipinski definition) is 6. The van der Waals surface area contributed by atoms with E-state index in [9.17, 15) is 19.2 Å². The van der Waals surface area contributed by atoms with E-state index < -0.39 is 36.1 Å². The Morgan fingerprint density at radius 1 is 0.679 bits per heavy atom. The zero-order valence-electron chi connectivity index (χ0n) is 17.6. The molecule has 0 fully saturated rings. The van der Waals surface area contributed by atoms with E-state index in [0.717, 1.165) is 0 Å². The predicted octanol–water partition coefficient (Wildman–Crippen LogP) is -0.0480. The van der Waals surface area contributed by atoms with Crippen LogP contribution in [0.2, 0.25) is 0 Å². The van der Waals surface area contributed by atoms with E-state index in [-0.39, 0.29) is 25.7 Å². The van der Waals surface area contributed by atoms with Crippen molar-refractivity contribution in [1.82, 2.24) is 0 Å². The molecule has 10 heteroatoms. The Balaban J connectivity index is 4.65. The maximum Gasteiger partial charge on any atom is 0.307 e. The van der Waals surface area contributed by atoms with Gasteiger partial charge >= 0.3 is 23.9 Å². The molecule has 0 aromatic heterocycles. The van der Waals surface area contributed by atoms with E-state index in [4.69, 9.17) is 19.7 Å². The zero-order chi connectivity index (χ0) is 22.1. The molecule has 0 aromatic carbocycles. The second kappa shape index (κ2) is 11.0. The first-order valence-corrected chi connectivity index (χ1v) is 9.01. The third kappa shape index (κ3) is 14.9. The lowest BCUT2D eigenvalue weighted by atomic mass is 10.2. The molecule has 162 valence electrons. The minimum atomic E-state index is -1.08. The van der Waals surface area contributed by atoms with Crippen molar-refractivity contribution in [3.8, 4) is 0 Å². The van der Waals surface area contributed by atoms with Crippen LogP contribution in [0.3, 0.4) is 0 Å². The van der Waals surface area contributed by atoms with Gasteiger partial charge in [0.05, 0.1) is 68.0 Å². The lowest BCUT2D eigenvalue weighted by Gasteiger charge is -2.28. The molecule has 0 aliphatic carbocycles. The lowest BCUT2D eigenvalue weighted by Crippen LogP contribution is -2.44. The van der Waals surface area contributed by atoms with Crippen LogP contribution in [0.5, 0.6) is 0 Å². The van der Waals surface area contributed by atoms with E-state index in [1.165, 1.54) is 0 Å². The number of quaternary nitrogens is 2. The Morgan fingerprint density at radius 2 is 0.964 bits per heavy atom. The highest BCUT2D eigenvalue weighted by Crippen LogP contribution is 2.10. The fourth-order valence-corrected chi connectivity index (χ4v) is 2.59. The van der Waals surface area contributed by atoms with Gasteiger partial charge in [0.15, 0.2) is 12.2 Å². The first-order valence-electron chi connectivity index (χ1n) is 9.01. The molecule has 0 rings (SSSR count). The van der Waals surface area contributed by atoms with Crippen LogP contribution in [0, 0.1) is 0 Å². The number of nitrogens with zero attached hydrogens (tertiary/aromatic N) is 2. The summed E-state index contributed by atoms with van der Waals surface area (Å²) in [6.07, 6.45) is -2.80. The summed E-state index contributed by atoms with van der Waals surface area (Å²) in [5.74, 6) is -3.55. The number of ether oxygens (including phenoxy) is 2. The summed E-state index contributed by atoms with van der Waals surface area (Å²) in [4.78, 5) is 45.9. The number of esters is 2. The second-order valence-electron chi connectivity index (χ2n) is 8.87. The van der Waals surface area contributed by atoms with Gasteiger partial charge < -0.3 is 28.7 Å². The molecule has 0 aromatic rings. The molecular weight excluding hydrogens is 372 g/mol. The fourth-order valence-electron chi connectivity index (χ4n) is 2.59. The first-order chi connectivity index (χ1) is 12.6. The van der Waals surface area contributed by atoms with Gasteiger partial charge in [0.1, 0.15) is 13.1 Å². The van der Waals surface area contributed by atoms with Crippen molar-refractivity contribution < 1.29 is 47.8 Å². The molecule has 0 spiro atoms. The molecular formula is C18H34N2O8+2. The van der Waals surface area contributed by atoms with Crippen molar-refractivity contribution in [2.75, 3.05) is 55.4 Å². The minimum absolute atomic E-state index is 0.268. The molecule has 0 aliphatic heterocycles. The standard InChI is InChI=1S/C18H32N2O8/c1-19(2,3)11-13(9-15(21)22)27-17(25)7-8-18(26)28-14(10-16(23)24)12-20(4,5)6/h13-14H,7-12H2,1-6H3/p+2. The summed E-state index contributed by atoms with van der Waals surface area (Å²) in [5.41, 5.74) is 0. The number of carboxylic acid groups (broad SMARTS) is 2. The fraction of sp³-hybridized carbons (Fsp3) is 0.778. The highest BCUT2D eigenvalue weighted by molar-refractivity contribution is 5.78. The van der Waals surface area contributed by atoms with Crippen LogP contribution < -0.4 is 0 Å². The maximum absolute atomic E-state index is 12.0. The molecule has 0 bridgehead atoms. The van der Waals surface area contributed by atoms with E-state index in [2.05, 4.69) is 0 Å². The van der Waals surface area contributed by atoms with Gasteiger partial charge in [-0.25, -0.2) is 0 Å². The summed E-state index contributed by atoms with van der Waals surface area (Å²) >= 11 is 0. The van der Waals surface area contributed by atoms with Crippen LogP contribution in [0.15, 0.2) is 0 Å². The molecule has 0 heterocycles. The average Bonchev–Trinajstić information content (AvgIpc) is 2.39. The molecule has 0 saturated heterocycles. The summed E-state index contributed by atoms with van der Waals surface area (Å²) in [6, 6.07) is 0. The first kappa shape index (κ1) is 25.8. The third-order valence-electron chi connectivity index (χ3n) is 3.44. The van der Waals surface area contributed by atoms with Gasteiger partial charge in [-0.2, -0.15) is 0 Å². The predicted molar refractivity (Wildman–Crippen MR) is 99.3 cm³/mol. The normalized spacial score (nSPS) is 14.1.